The monoisotopic (exact) mass is 479 g/mol. The molecule has 0 heterocycles. The van der Waals surface area contributed by atoms with E-state index in [2.05, 4.69) is 0 Å². The fourth-order valence-corrected chi connectivity index (χ4v) is 2.00. The molecule has 0 aromatic carbocycles. The van der Waals surface area contributed by atoms with Gasteiger partial charge in [-0.3, -0.25) is 9.59 Å². The molecule has 0 aliphatic heterocycles. The van der Waals surface area contributed by atoms with Gasteiger partial charge in [-0.2, -0.15) is 0 Å². The predicted octanol–water partition coefficient (Wildman–Crippen LogP) is 0.897. The normalized spacial score (nSPS) is 11.2. The number of esters is 1. The molecule has 0 fully saturated rings. The number of carboxylic acid groups (broad SMARTS) is 1. The summed E-state index contributed by atoms with van der Waals surface area (Å²) >= 11 is 0. The minimum atomic E-state index is -1.56. The second kappa shape index (κ2) is 18.2. The number of ether oxygens (including phenoxy) is 6. The number of aliphatic carboxylic acids is 1. The van der Waals surface area contributed by atoms with Crippen LogP contribution in [-0.4, -0.2) is 112 Å². The Labute approximate surface area is 194 Å². The Morgan fingerprint density at radius 1 is 0.727 bits per heavy atom. The minimum absolute atomic E-state index is 0.0107. The zero-order valence-electron chi connectivity index (χ0n) is 20.0. The van der Waals surface area contributed by atoms with Crippen LogP contribution in [0, 0.1) is 0 Å². The molecule has 0 aliphatic carbocycles. The van der Waals surface area contributed by atoms with E-state index in [1.165, 1.54) is 4.90 Å². The van der Waals surface area contributed by atoms with E-state index in [0.29, 0.717) is 52.8 Å². The topological polar surface area (TPSA) is 147 Å². The van der Waals surface area contributed by atoms with Crippen molar-refractivity contribution in [1.29, 1.82) is 0 Å². The van der Waals surface area contributed by atoms with E-state index in [1.54, 1.807) is 7.05 Å². The number of hydrogen-bond acceptors (Lipinski definition) is 10. The number of ketones is 1. The van der Waals surface area contributed by atoms with E-state index in [9.17, 15) is 19.2 Å². The number of rotatable bonds is 19. The molecule has 0 spiro atoms. The highest BCUT2D eigenvalue weighted by atomic mass is 16.6. The standard InChI is InChI=1S/C21H37NO11/c1-21(2,3)33-20(27)22(4)7-8-28-9-10-29-11-12-30-13-14-31-15-16-32-18(24)6-5-17(23)19(25)26/h5-16H2,1-4H3,(H,25,26). The molecule has 0 bridgehead atoms. The van der Waals surface area contributed by atoms with Crippen molar-refractivity contribution >= 4 is 23.8 Å². The van der Waals surface area contributed by atoms with Gasteiger partial charge in [-0.1, -0.05) is 0 Å². The van der Waals surface area contributed by atoms with Crippen LogP contribution in [0.2, 0.25) is 0 Å². The molecule has 192 valence electrons. The van der Waals surface area contributed by atoms with Crippen LogP contribution >= 0.6 is 0 Å². The van der Waals surface area contributed by atoms with Gasteiger partial charge >= 0.3 is 18.0 Å². The minimum Gasteiger partial charge on any atom is -0.476 e. The second-order valence-electron chi connectivity index (χ2n) is 7.80. The van der Waals surface area contributed by atoms with Crippen LogP contribution < -0.4 is 0 Å². The van der Waals surface area contributed by atoms with Gasteiger partial charge in [0, 0.05) is 20.0 Å². The van der Waals surface area contributed by atoms with Gasteiger partial charge in [0.25, 0.3) is 0 Å². The molecule has 1 amide bonds. The first kappa shape index (κ1) is 30.7. The average Bonchev–Trinajstić information content (AvgIpc) is 2.73. The van der Waals surface area contributed by atoms with Crippen molar-refractivity contribution in [2.45, 2.75) is 39.2 Å². The van der Waals surface area contributed by atoms with Crippen molar-refractivity contribution in [1.82, 2.24) is 4.90 Å². The van der Waals surface area contributed by atoms with Crippen LogP contribution in [0.25, 0.3) is 0 Å². The average molecular weight is 480 g/mol. The number of nitrogens with zero attached hydrogens (tertiary/aromatic N) is 1. The zero-order chi connectivity index (χ0) is 25.1. The zero-order valence-corrected chi connectivity index (χ0v) is 20.0. The van der Waals surface area contributed by atoms with Gasteiger partial charge in [-0.25, -0.2) is 9.59 Å². The molecule has 0 radical (unpaired) electrons. The van der Waals surface area contributed by atoms with Gasteiger partial charge < -0.3 is 38.4 Å². The molecule has 0 unspecified atom stereocenters. The Kier molecular flexibility index (Phi) is 16.9. The van der Waals surface area contributed by atoms with E-state index < -0.39 is 29.4 Å². The molecule has 1 N–H and O–H groups in total. The number of hydrogen-bond donors (Lipinski definition) is 1. The van der Waals surface area contributed by atoms with Crippen LogP contribution in [0.3, 0.4) is 0 Å². The van der Waals surface area contributed by atoms with Crippen molar-refractivity contribution in [2.24, 2.45) is 0 Å². The number of carbonyl (C=O) groups excluding carboxylic acids is 3. The van der Waals surface area contributed by atoms with Crippen LogP contribution in [0.15, 0.2) is 0 Å². The highest BCUT2D eigenvalue weighted by Crippen LogP contribution is 2.08. The maximum atomic E-state index is 11.8. The molecule has 0 aromatic heterocycles. The summed E-state index contributed by atoms with van der Waals surface area (Å²) in [6.45, 7) is 8.64. The first-order valence-corrected chi connectivity index (χ1v) is 10.7. The van der Waals surface area contributed by atoms with Gasteiger partial charge in [-0.15, -0.1) is 0 Å². The van der Waals surface area contributed by atoms with Crippen LogP contribution in [0.5, 0.6) is 0 Å². The highest BCUT2D eigenvalue weighted by molar-refractivity contribution is 6.32. The highest BCUT2D eigenvalue weighted by Gasteiger charge is 2.19. The van der Waals surface area contributed by atoms with Crippen molar-refractivity contribution in [3.8, 4) is 0 Å². The SMILES string of the molecule is CN(CCOCCOCCOCCOCCOC(=O)CCC(=O)C(=O)O)C(=O)OC(C)(C)C. The summed E-state index contributed by atoms with van der Waals surface area (Å²) in [5.41, 5.74) is -0.530. The van der Waals surface area contributed by atoms with E-state index in [4.69, 9.17) is 33.5 Å². The quantitative estimate of drug-likeness (QED) is 0.160. The Bertz CT molecular complexity index is 589. The molecule has 0 atom stereocenters. The fraction of sp³-hybridized carbons (Fsp3) is 0.810. The molecule has 0 saturated carbocycles. The number of carbonyl (C=O) groups is 4. The largest absolute Gasteiger partial charge is 0.476 e. The Balaban J connectivity index is 3.37. The van der Waals surface area contributed by atoms with Crippen LogP contribution in [0.4, 0.5) is 4.79 Å². The first-order valence-electron chi connectivity index (χ1n) is 10.7. The summed E-state index contributed by atoms with van der Waals surface area (Å²) in [4.78, 5) is 45.7. The van der Waals surface area contributed by atoms with Crippen molar-refractivity contribution in [3.63, 3.8) is 0 Å². The van der Waals surface area contributed by atoms with E-state index in [1.807, 2.05) is 20.8 Å². The Hall–Kier alpha value is -2.28. The number of Topliss-reactive ketones (excluding diaryl/α,β-unsaturated/α-hetero) is 1. The number of carboxylic acids is 1. The molecule has 0 saturated heterocycles. The lowest BCUT2D eigenvalue weighted by Crippen LogP contribution is -2.36. The van der Waals surface area contributed by atoms with Crippen molar-refractivity contribution in [2.75, 3.05) is 73.1 Å². The van der Waals surface area contributed by atoms with Gasteiger partial charge in [0.15, 0.2) is 0 Å². The Morgan fingerprint density at radius 2 is 1.18 bits per heavy atom. The van der Waals surface area contributed by atoms with Crippen LogP contribution in [-0.2, 0) is 42.8 Å². The lowest BCUT2D eigenvalue weighted by Gasteiger charge is -2.24. The summed E-state index contributed by atoms with van der Waals surface area (Å²) in [6, 6.07) is 0. The molecule has 0 aromatic rings. The molecule has 0 rings (SSSR count). The number of amides is 1. The third-order valence-corrected chi connectivity index (χ3v) is 3.68. The number of likely N-dealkylation sites (N-methyl/N-ethyl adjacent to an activating group) is 1. The molecule has 0 aliphatic rings. The van der Waals surface area contributed by atoms with Gasteiger partial charge in [0.2, 0.25) is 5.78 Å². The summed E-state index contributed by atoms with van der Waals surface area (Å²) in [5, 5.41) is 8.40. The van der Waals surface area contributed by atoms with E-state index in [-0.39, 0.29) is 26.1 Å². The summed E-state index contributed by atoms with van der Waals surface area (Å²) in [5.74, 6) is -3.24. The van der Waals surface area contributed by atoms with Gasteiger partial charge in [0.05, 0.1) is 59.3 Å². The fourth-order valence-electron chi connectivity index (χ4n) is 2.00. The third kappa shape index (κ3) is 20.1. The maximum absolute atomic E-state index is 11.8. The summed E-state index contributed by atoms with van der Waals surface area (Å²) < 4.78 is 31.4. The predicted molar refractivity (Wildman–Crippen MR) is 115 cm³/mol. The molecule has 33 heavy (non-hydrogen) atoms. The van der Waals surface area contributed by atoms with Crippen LogP contribution in [0.1, 0.15) is 33.6 Å². The van der Waals surface area contributed by atoms with E-state index in [0.717, 1.165) is 0 Å². The third-order valence-electron chi connectivity index (χ3n) is 3.68. The molecule has 12 nitrogen and oxygen atoms in total. The lowest BCUT2D eigenvalue weighted by atomic mass is 10.2. The van der Waals surface area contributed by atoms with E-state index >= 15 is 0 Å². The summed E-state index contributed by atoms with van der Waals surface area (Å²) in [7, 11) is 1.65. The maximum Gasteiger partial charge on any atom is 0.410 e. The summed E-state index contributed by atoms with van der Waals surface area (Å²) in [6.07, 6.45) is -1.06. The smallest absolute Gasteiger partial charge is 0.410 e. The van der Waals surface area contributed by atoms with Gasteiger partial charge in [-0.05, 0) is 20.8 Å². The molecular weight excluding hydrogens is 442 g/mol. The van der Waals surface area contributed by atoms with Crippen molar-refractivity contribution < 1.29 is 52.7 Å². The molecule has 12 heteroatoms. The Morgan fingerprint density at radius 3 is 1.64 bits per heavy atom. The second-order valence-corrected chi connectivity index (χ2v) is 7.80. The molecular formula is C21H37NO11. The lowest BCUT2D eigenvalue weighted by molar-refractivity contribution is -0.151. The van der Waals surface area contributed by atoms with Gasteiger partial charge in [0.1, 0.15) is 12.2 Å². The first-order chi connectivity index (χ1) is 15.5. The van der Waals surface area contributed by atoms with Crippen molar-refractivity contribution in [3.05, 3.63) is 0 Å².